The Kier molecular flexibility index (Phi) is 5.17. The fraction of sp³-hybridized carbons (Fsp3) is 0.118. The molecule has 3 rings (SSSR count). The van der Waals surface area contributed by atoms with E-state index in [0.717, 1.165) is 16.9 Å². The lowest BCUT2D eigenvalue weighted by Crippen LogP contribution is -2.15. The molecule has 0 unspecified atom stereocenters. The molecule has 1 amide bonds. The highest BCUT2D eigenvalue weighted by Crippen LogP contribution is 2.21. The average molecular weight is 359 g/mol. The fourth-order valence-electron chi connectivity index (χ4n) is 2.06. The number of anilines is 1. The maximum atomic E-state index is 12.1. The number of thioether (sulfide) groups is 1. The van der Waals surface area contributed by atoms with Gasteiger partial charge in [-0.1, -0.05) is 47.6 Å². The van der Waals surface area contributed by atoms with Crippen LogP contribution in [0, 0.1) is 6.92 Å². The SMILES string of the molecule is Cc1ccc(Cl)cc1NC(=O)CSc1ncn(-c2ccccc2)n1. The number of carbonyl (C=O) groups is 1. The highest BCUT2D eigenvalue weighted by atomic mass is 35.5. The molecule has 24 heavy (non-hydrogen) atoms. The van der Waals surface area contributed by atoms with E-state index < -0.39 is 0 Å². The summed E-state index contributed by atoms with van der Waals surface area (Å²) in [6, 6.07) is 15.1. The number of amides is 1. The van der Waals surface area contributed by atoms with Gasteiger partial charge >= 0.3 is 0 Å². The first-order valence-electron chi connectivity index (χ1n) is 7.28. The molecule has 0 aliphatic heterocycles. The third-order valence-electron chi connectivity index (χ3n) is 3.30. The molecular weight excluding hydrogens is 344 g/mol. The molecule has 0 saturated heterocycles. The summed E-state index contributed by atoms with van der Waals surface area (Å²) >= 11 is 7.24. The fourth-order valence-corrected chi connectivity index (χ4v) is 2.84. The van der Waals surface area contributed by atoms with Crippen LogP contribution in [0.4, 0.5) is 5.69 Å². The van der Waals surface area contributed by atoms with Gasteiger partial charge in [-0.3, -0.25) is 4.79 Å². The van der Waals surface area contributed by atoms with E-state index in [0.29, 0.717) is 10.2 Å². The van der Waals surface area contributed by atoms with Crippen LogP contribution in [-0.2, 0) is 4.79 Å². The first-order chi connectivity index (χ1) is 11.6. The van der Waals surface area contributed by atoms with Gasteiger partial charge in [-0.25, -0.2) is 9.67 Å². The van der Waals surface area contributed by atoms with Crippen molar-refractivity contribution in [2.75, 3.05) is 11.1 Å². The van der Waals surface area contributed by atoms with Crippen molar-refractivity contribution in [1.29, 1.82) is 0 Å². The van der Waals surface area contributed by atoms with Gasteiger partial charge in [0.1, 0.15) is 6.33 Å². The number of hydrogen-bond donors (Lipinski definition) is 1. The third kappa shape index (κ3) is 4.15. The molecule has 2 aromatic carbocycles. The molecule has 1 aromatic heterocycles. The molecule has 0 aliphatic carbocycles. The summed E-state index contributed by atoms with van der Waals surface area (Å²) in [6.45, 7) is 1.92. The molecule has 0 fully saturated rings. The van der Waals surface area contributed by atoms with Crippen LogP contribution in [0.25, 0.3) is 5.69 Å². The van der Waals surface area contributed by atoms with Crippen molar-refractivity contribution >= 4 is 35.0 Å². The lowest BCUT2D eigenvalue weighted by molar-refractivity contribution is -0.113. The molecule has 122 valence electrons. The monoisotopic (exact) mass is 358 g/mol. The number of rotatable bonds is 5. The second-order valence-corrected chi connectivity index (χ2v) is 6.48. The number of para-hydroxylation sites is 1. The Morgan fingerprint density at radius 2 is 2.04 bits per heavy atom. The molecule has 7 heteroatoms. The van der Waals surface area contributed by atoms with Crippen LogP contribution < -0.4 is 5.32 Å². The lowest BCUT2D eigenvalue weighted by Gasteiger charge is -2.08. The van der Waals surface area contributed by atoms with Gasteiger partial charge in [0.15, 0.2) is 0 Å². The van der Waals surface area contributed by atoms with Gasteiger partial charge in [-0.2, -0.15) is 0 Å². The Morgan fingerprint density at radius 1 is 1.25 bits per heavy atom. The van der Waals surface area contributed by atoms with E-state index in [2.05, 4.69) is 15.4 Å². The summed E-state index contributed by atoms with van der Waals surface area (Å²) in [5, 5.41) is 8.35. The van der Waals surface area contributed by atoms with Gasteiger partial charge in [0.05, 0.1) is 11.4 Å². The van der Waals surface area contributed by atoms with Crippen LogP contribution in [-0.4, -0.2) is 26.4 Å². The van der Waals surface area contributed by atoms with Crippen molar-refractivity contribution in [2.45, 2.75) is 12.1 Å². The summed E-state index contributed by atoms with van der Waals surface area (Å²) in [5.74, 6) is 0.103. The molecule has 0 aliphatic rings. The zero-order valence-corrected chi connectivity index (χ0v) is 14.5. The summed E-state index contributed by atoms with van der Waals surface area (Å²) < 4.78 is 1.68. The molecule has 0 bridgehead atoms. The predicted molar refractivity (Wildman–Crippen MR) is 96.9 cm³/mol. The highest BCUT2D eigenvalue weighted by Gasteiger charge is 2.09. The summed E-state index contributed by atoms with van der Waals surface area (Å²) in [4.78, 5) is 16.3. The number of aromatic nitrogens is 3. The molecule has 0 saturated carbocycles. The quantitative estimate of drug-likeness (QED) is 0.701. The predicted octanol–water partition coefficient (Wildman–Crippen LogP) is 3.96. The Morgan fingerprint density at radius 3 is 2.83 bits per heavy atom. The van der Waals surface area contributed by atoms with E-state index in [-0.39, 0.29) is 11.7 Å². The maximum Gasteiger partial charge on any atom is 0.234 e. The third-order valence-corrected chi connectivity index (χ3v) is 4.38. The number of carbonyl (C=O) groups excluding carboxylic acids is 1. The van der Waals surface area contributed by atoms with Gasteiger partial charge in [-0.05, 0) is 36.8 Å². The van der Waals surface area contributed by atoms with Crippen LogP contribution >= 0.6 is 23.4 Å². The Hall–Kier alpha value is -2.31. The zero-order valence-electron chi connectivity index (χ0n) is 12.9. The van der Waals surface area contributed by atoms with Crippen LogP contribution in [0.2, 0.25) is 5.02 Å². The molecule has 0 spiro atoms. The highest BCUT2D eigenvalue weighted by molar-refractivity contribution is 7.99. The number of halogens is 1. The number of nitrogens with one attached hydrogen (secondary N) is 1. The van der Waals surface area contributed by atoms with E-state index in [1.807, 2.05) is 43.3 Å². The van der Waals surface area contributed by atoms with Crippen molar-refractivity contribution in [3.05, 3.63) is 65.4 Å². The van der Waals surface area contributed by atoms with Gasteiger partial charge in [0, 0.05) is 10.7 Å². The minimum absolute atomic E-state index is 0.124. The number of benzene rings is 2. The van der Waals surface area contributed by atoms with E-state index in [1.54, 1.807) is 23.1 Å². The molecule has 1 heterocycles. The number of aryl methyl sites for hydroxylation is 1. The van der Waals surface area contributed by atoms with Gasteiger partial charge in [0.2, 0.25) is 11.1 Å². The maximum absolute atomic E-state index is 12.1. The first-order valence-corrected chi connectivity index (χ1v) is 8.64. The normalized spacial score (nSPS) is 10.6. The molecular formula is C17H15ClN4OS. The van der Waals surface area contributed by atoms with Gasteiger partial charge in [0.25, 0.3) is 0 Å². The second kappa shape index (κ2) is 7.51. The van der Waals surface area contributed by atoms with E-state index in [4.69, 9.17) is 11.6 Å². The van der Waals surface area contributed by atoms with Crippen molar-refractivity contribution < 1.29 is 4.79 Å². The standard InChI is InChI=1S/C17H15ClN4OS/c1-12-7-8-13(18)9-15(12)20-16(23)10-24-17-19-11-22(21-17)14-5-3-2-4-6-14/h2-9,11H,10H2,1H3,(H,20,23). The Balaban J connectivity index is 1.59. The number of nitrogens with zero attached hydrogens (tertiary/aromatic N) is 3. The van der Waals surface area contributed by atoms with E-state index >= 15 is 0 Å². The number of hydrogen-bond acceptors (Lipinski definition) is 4. The summed E-state index contributed by atoms with van der Waals surface area (Å²) in [7, 11) is 0. The van der Waals surface area contributed by atoms with Crippen LogP contribution in [0.1, 0.15) is 5.56 Å². The smallest absolute Gasteiger partial charge is 0.234 e. The van der Waals surface area contributed by atoms with Gasteiger partial charge in [-0.15, -0.1) is 5.10 Å². The summed E-state index contributed by atoms with van der Waals surface area (Å²) in [6.07, 6.45) is 1.64. The van der Waals surface area contributed by atoms with Crippen LogP contribution in [0.5, 0.6) is 0 Å². The average Bonchev–Trinajstić information content (AvgIpc) is 3.06. The molecule has 0 atom stereocenters. The topological polar surface area (TPSA) is 59.8 Å². The molecule has 0 radical (unpaired) electrons. The largest absolute Gasteiger partial charge is 0.325 e. The molecule has 3 aromatic rings. The van der Waals surface area contributed by atoms with E-state index in [9.17, 15) is 4.79 Å². The van der Waals surface area contributed by atoms with Gasteiger partial charge < -0.3 is 5.32 Å². The Labute approximate surface area is 149 Å². The van der Waals surface area contributed by atoms with Crippen LogP contribution in [0.15, 0.2) is 60.0 Å². The van der Waals surface area contributed by atoms with Crippen molar-refractivity contribution in [3.63, 3.8) is 0 Å². The molecule has 1 N–H and O–H groups in total. The second-order valence-electron chi connectivity index (χ2n) is 5.10. The molecule has 5 nitrogen and oxygen atoms in total. The van der Waals surface area contributed by atoms with Crippen molar-refractivity contribution in [2.24, 2.45) is 0 Å². The van der Waals surface area contributed by atoms with Crippen molar-refractivity contribution in [1.82, 2.24) is 14.8 Å². The summed E-state index contributed by atoms with van der Waals surface area (Å²) in [5.41, 5.74) is 2.61. The lowest BCUT2D eigenvalue weighted by atomic mass is 10.2. The first kappa shape index (κ1) is 16.5. The minimum atomic E-state index is -0.124. The van der Waals surface area contributed by atoms with Crippen molar-refractivity contribution in [3.8, 4) is 5.69 Å². The zero-order chi connectivity index (χ0) is 16.9. The Bertz CT molecular complexity index is 851. The van der Waals surface area contributed by atoms with E-state index in [1.165, 1.54) is 11.8 Å². The van der Waals surface area contributed by atoms with Crippen LogP contribution in [0.3, 0.4) is 0 Å². The minimum Gasteiger partial charge on any atom is -0.325 e.